The summed E-state index contributed by atoms with van der Waals surface area (Å²) in [6, 6.07) is 3.29. The summed E-state index contributed by atoms with van der Waals surface area (Å²) < 4.78 is 29.3. The first-order valence-electron chi connectivity index (χ1n) is 5.27. The van der Waals surface area contributed by atoms with E-state index in [0.717, 1.165) is 15.9 Å². The Kier molecular flexibility index (Phi) is 4.21. The van der Waals surface area contributed by atoms with Crippen LogP contribution in [0.4, 0.5) is 0 Å². The lowest BCUT2D eigenvalue weighted by Gasteiger charge is -2.02. The lowest BCUT2D eigenvalue weighted by molar-refractivity contribution is 0.583. The van der Waals surface area contributed by atoms with E-state index in [1.54, 1.807) is 23.0 Å². The average molecular weight is 350 g/mol. The van der Waals surface area contributed by atoms with Crippen LogP contribution in [0.15, 0.2) is 32.5 Å². The summed E-state index contributed by atoms with van der Waals surface area (Å²) in [5.41, 5.74) is 0.844. The largest absolute Gasteiger partial charge is 0.273 e. The maximum absolute atomic E-state index is 11.9. The molecule has 0 aliphatic heterocycles. The first-order chi connectivity index (χ1) is 8.51. The molecule has 0 fully saturated rings. The molecule has 2 aromatic rings. The molecule has 0 unspecified atom stereocenters. The second kappa shape index (κ2) is 5.52. The van der Waals surface area contributed by atoms with Crippen LogP contribution in [0.1, 0.15) is 12.5 Å². The Morgan fingerprint density at radius 1 is 1.50 bits per heavy atom. The summed E-state index contributed by atoms with van der Waals surface area (Å²) in [4.78, 5) is 0. The number of nitrogens with one attached hydrogen (secondary N) is 1. The summed E-state index contributed by atoms with van der Waals surface area (Å²) in [5.74, 6) is 0. The van der Waals surface area contributed by atoms with Crippen LogP contribution in [-0.4, -0.2) is 18.2 Å². The molecule has 2 aromatic heterocycles. The van der Waals surface area contributed by atoms with Gasteiger partial charge in [-0.25, -0.2) is 13.1 Å². The third-order valence-electron chi connectivity index (χ3n) is 2.29. The third-order valence-corrected chi connectivity index (χ3v) is 5.81. The Labute approximate surface area is 118 Å². The topological polar surface area (TPSA) is 64.0 Å². The highest BCUT2D eigenvalue weighted by atomic mass is 79.9. The predicted molar refractivity (Wildman–Crippen MR) is 73.9 cm³/mol. The van der Waals surface area contributed by atoms with Crippen LogP contribution in [-0.2, 0) is 23.1 Å². The zero-order chi connectivity index (χ0) is 13.2. The average Bonchev–Trinajstić information content (AvgIpc) is 2.95. The first kappa shape index (κ1) is 13.7. The van der Waals surface area contributed by atoms with Crippen molar-refractivity contribution < 1.29 is 8.42 Å². The van der Waals surface area contributed by atoms with E-state index in [4.69, 9.17) is 0 Å². The number of halogens is 1. The van der Waals surface area contributed by atoms with Gasteiger partial charge in [0.2, 0.25) is 10.0 Å². The molecule has 0 spiro atoms. The van der Waals surface area contributed by atoms with E-state index in [1.165, 1.54) is 11.3 Å². The van der Waals surface area contributed by atoms with Gasteiger partial charge in [0.25, 0.3) is 0 Å². The first-order valence-corrected chi connectivity index (χ1v) is 8.37. The lowest BCUT2D eigenvalue weighted by Crippen LogP contribution is -2.22. The van der Waals surface area contributed by atoms with E-state index in [0.29, 0.717) is 4.21 Å². The van der Waals surface area contributed by atoms with Crippen LogP contribution in [0.2, 0.25) is 0 Å². The highest BCUT2D eigenvalue weighted by Crippen LogP contribution is 2.25. The Morgan fingerprint density at radius 2 is 2.28 bits per heavy atom. The van der Waals surface area contributed by atoms with Crippen molar-refractivity contribution in [2.24, 2.45) is 0 Å². The molecule has 0 amide bonds. The summed E-state index contributed by atoms with van der Waals surface area (Å²) in [7, 11) is -3.43. The van der Waals surface area contributed by atoms with Crippen molar-refractivity contribution in [3.05, 3.63) is 33.9 Å². The molecule has 2 heterocycles. The zero-order valence-corrected chi connectivity index (χ0v) is 12.8. The molecule has 1 N–H and O–H groups in total. The number of hydrogen-bond acceptors (Lipinski definition) is 4. The molecule has 0 aromatic carbocycles. The Hall–Kier alpha value is -0.700. The van der Waals surface area contributed by atoms with E-state index < -0.39 is 10.0 Å². The van der Waals surface area contributed by atoms with Crippen LogP contribution in [0.3, 0.4) is 0 Å². The molecule has 0 bridgehead atoms. The van der Waals surface area contributed by atoms with Crippen molar-refractivity contribution in [3.8, 4) is 0 Å². The SMILES string of the molecule is CCn1cc(CNS(=O)(=O)c2ccc(Br)s2)cn1. The summed E-state index contributed by atoms with van der Waals surface area (Å²) in [6.45, 7) is 2.99. The minimum absolute atomic E-state index is 0.248. The van der Waals surface area contributed by atoms with Gasteiger partial charge in [-0.05, 0) is 35.0 Å². The molecular formula is C10H12BrN3O2S2. The van der Waals surface area contributed by atoms with Crippen LogP contribution in [0.25, 0.3) is 0 Å². The second-order valence-corrected chi connectivity index (χ2v) is 8.04. The summed E-state index contributed by atoms with van der Waals surface area (Å²) in [6.07, 6.45) is 3.49. The number of rotatable bonds is 5. The van der Waals surface area contributed by atoms with Crippen molar-refractivity contribution in [1.29, 1.82) is 0 Å². The van der Waals surface area contributed by atoms with Crippen molar-refractivity contribution in [1.82, 2.24) is 14.5 Å². The maximum atomic E-state index is 11.9. The predicted octanol–water partition coefficient (Wildman–Crippen LogP) is 2.21. The molecule has 0 aliphatic carbocycles. The van der Waals surface area contributed by atoms with Gasteiger partial charge in [0, 0.05) is 24.8 Å². The van der Waals surface area contributed by atoms with E-state index in [-0.39, 0.29) is 6.54 Å². The van der Waals surface area contributed by atoms with E-state index >= 15 is 0 Å². The van der Waals surface area contributed by atoms with Crippen molar-refractivity contribution >= 4 is 37.3 Å². The van der Waals surface area contributed by atoms with Gasteiger partial charge >= 0.3 is 0 Å². The number of thiophene rings is 1. The fraction of sp³-hybridized carbons (Fsp3) is 0.300. The van der Waals surface area contributed by atoms with Crippen LogP contribution < -0.4 is 4.72 Å². The Morgan fingerprint density at radius 3 is 2.83 bits per heavy atom. The molecule has 0 atom stereocenters. The molecule has 8 heteroatoms. The summed E-state index contributed by atoms with van der Waals surface area (Å²) in [5, 5.41) is 4.09. The zero-order valence-electron chi connectivity index (χ0n) is 9.63. The minimum atomic E-state index is -3.43. The van der Waals surface area contributed by atoms with Crippen molar-refractivity contribution in [3.63, 3.8) is 0 Å². The van der Waals surface area contributed by atoms with E-state index in [9.17, 15) is 8.42 Å². The van der Waals surface area contributed by atoms with Crippen LogP contribution in [0, 0.1) is 0 Å². The molecular weight excluding hydrogens is 338 g/mol. The van der Waals surface area contributed by atoms with Gasteiger partial charge < -0.3 is 0 Å². The molecule has 0 radical (unpaired) electrons. The fourth-order valence-electron chi connectivity index (χ4n) is 1.36. The standard InChI is InChI=1S/C10H12BrN3O2S2/c1-2-14-7-8(5-12-14)6-13-18(15,16)10-4-3-9(11)17-10/h3-5,7,13H,2,6H2,1H3. The lowest BCUT2D eigenvalue weighted by atomic mass is 10.4. The fourth-order valence-corrected chi connectivity index (χ4v) is 4.43. The van der Waals surface area contributed by atoms with Gasteiger partial charge in [-0.1, -0.05) is 0 Å². The minimum Gasteiger partial charge on any atom is -0.273 e. The van der Waals surface area contributed by atoms with Crippen LogP contribution in [0.5, 0.6) is 0 Å². The number of aryl methyl sites for hydroxylation is 1. The highest BCUT2D eigenvalue weighted by molar-refractivity contribution is 9.11. The third kappa shape index (κ3) is 3.19. The van der Waals surface area contributed by atoms with Gasteiger partial charge in [-0.15, -0.1) is 11.3 Å². The van der Waals surface area contributed by atoms with E-state index in [1.807, 2.05) is 13.1 Å². The number of nitrogens with zero attached hydrogens (tertiary/aromatic N) is 2. The smallest absolute Gasteiger partial charge is 0.250 e. The number of hydrogen-bond donors (Lipinski definition) is 1. The maximum Gasteiger partial charge on any atom is 0.250 e. The molecule has 18 heavy (non-hydrogen) atoms. The Bertz CT molecular complexity index is 633. The van der Waals surface area contributed by atoms with Gasteiger partial charge in [-0.3, -0.25) is 4.68 Å². The highest BCUT2D eigenvalue weighted by Gasteiger charge is 2.16. The van der Waals surface area contributed by atoms with Gasteiger partial charge in [-0.2, -0.15) is 5.10 Å². The quantitative estimate of drug-likeness (QED) is 0.899. The number of aromatic nitrogens is 2. The molecule has 98 valence electrons. The van der Waals surface area contributed by atoms with E-state index in [2.05, 4.69) is 25.8 Å². The number of sulfonamides is 1. The van der Waals surface area contributed by atoms with Gasteiger partial charge in [0.1, 0.15) is 4.21 Å². The summed E-state index contributed by atoms with van der Waals surface area (Å²) >= 11 is 4.43. The molecule has 5 nitrogen and oxygen atoms in total. The van der Waals surface area contributed by atoms with Crippen LogP contribution >= 0.6 is 27.3 Å². The molecule has 2 rings (SSSR count). The van der Waals surface area contributed by atoms with Crippen molar-refractivity contribution in [2.75, 3.05) is 0 Å². The monoisotopic (exact) mass is 349 g/mol. The van der Waals surface area contributed by atoms with Gasteiger partial charge in [0.15, 0.2) is 0 Å². The molecule has 0 saturated carbocycles. The molecule has 0 saturated heterocycles. The normalized spacial score (nSPS) is 11.9. The van der Waals surface area contributed by atoms with Gasteiger partial charge in [0.05, 0.1) is 9.98 Å². The Balaban J connectivity index is 2.05. The molecule has 0 aliphatic rings. The second-order valence-electron chi connectivity index (χ2n) is 3.59. The van der Waals surface area contributed by atoms with Crippen molar-refractivity contribution in [2.45, 2.75) is 24.2 Å².